The first-order valence-electron chi connectivity index (χ1n) is 21.2. The van der Waals surface area contributed by atoms with Gasteiger partial charge in [-0.15, -0.1) is 0 Å². The Labute approximate surface area is 349 Å². The van der Waals surface area contributed by atoms with Crippen molar-refractivity contribution >= 4 is 45.7 Å². The summed E-state index contributed by atoms with van der Waals surface area (Å²) in [4.78, 5) is 75.7. The number of nitrogens with zero attached hydrogens (tertiary/aromatic N) is 4. The second kappa shape index (κ2) is 17.6. The largest absolute Gasteiger partial charge is 0.449 e. The maximum absolute atomic E-state index is 14.5. The first-order valence-corrected chi connectivity index (χ1v) is 21.2. The number of piperidine rings is 2. The summed E-state index contributed by atoms with van der Waals surface area (Å²) in [5, 5.41) is 15.0. The van der Waals surface area contributed by atoms with Crippen LogP contribution in [0.1, 0.15) is 67.2 Å². The average molecular weight is 815 g/mol. The van der Waals surface area contributed by atoms with Crippen LogP contribution in [0, 0.1) is 12.3 Å². The number of aryl methyl sites for hydroxylation is 1. The zero-order chi connectivity index (χ0) is 41.8. The van der Waals surface area contributed by atoms with Crippen LogP contribution in [0.25, 0.3) is 21.8 Å². The van der Waals surface area contributed by atoms with Crippen LogP contribution >= 0.6 is 0 Å². The van der Waals surface area contributed by atoms with E-state index >= 15 is 0 Å². The zero-order valence-corrected chi connectivity index (χ0v) is 34.4. The highest BCUT2D eigenvalue weighted by Crippen LogP contribution is 2.41. The molecule has 0 unspecified atom stereocenters. The second-order valence-electron chi connectivity index (χ2n) is 16.9. The Balaban J connectivity index is 0.877. The van der Waals surface area contributed by atoms with Crippen LogP contribution in [0.3, 0.4) is 0 Å². The summed E-state index contributed by atoms with van der Waals surface area (Å²) in [6, 6.07) is 21.7. The Morgan fingerprint density at radius 3 is 2.32 bits per heavy atom. The van der Waals surface area contributed by atoms with Crippen molar-refractivity contribution in [3.05, 3.63) is 112 Å². The van der Waals surface area contributed by atoms with Gasteiger partial charge in [-0.1, -0.05) is 54.6 Å². The Bertz CT molecular complexity index is 2410. The lowest BCUT2D eigenvalue weighted by atomic mass is 9.77. The minimum Gasteiger partial charge on any atom is -0.449 e. The van der Waals surface area contributed by atoms with E-state index in [0.717, 1.165) is 63.3 Å². The molecule has 3 aromatic carbocycles. The number of amides is 5. The smallest absolute Gasteiger partial charge is 0.407 e. The molecule has 1 spiro atoms. The quantitative estimate of drug-likeness (QED) is 0.146. The van der Waals surface area contributed by atoms with Crippen molar-refractivity contribution in [3.63, 3.8) is 0 Å². The summed E-state index contributed by atoms with van der Waals surface area (Å²) < 4.78 is 5.33. The van der Waals surface area contributed by atoms with Crippen LogP contribution in [0.4, 0.5) is 9.59 Å². The predicted octanol–water partition coefficient (Wildman–Crippen LogP) is 5.41. The molecule has 0 radical (unpaired) electrons. The number of benzene rings is 3. The number of H-pyrrole nitrogens is 2. The van der Waals surface area contributed by atoms with Crippen LogP contribution < -0.4 is 16.2 Å². The predicted molar refractivity (Wildman–Crippen MR) is 229 cm³/mol. The normalized spacial score (nSPS) is 17.8. The summed E-state index contributed by atoms with van der Waals surface area (Å²) in [5.41, 5.74) is 5.26. The van der Waals surface area contributed by atoms with E-state index in [2.05, 4.69) is 25.8 Å². The van der Waals surface area contributed by atoms with Gasteiger partial charge in [-0.3, -0.25) is 19.5 Å². The molecule has 314 valence electrons. The van der Waals surface area contributed by atoms with Gasteiger partial charge in [-0.05, 0) is 97.6 Å². The maximum atomic E-state index is 14.5. The van der Waals surface area contributed by atoms with Gasteiger partial charge in [0.1, 0.15) is 12.1 Å². The highest BCUT2D eigenvalue weighted by atomic mass is 16.5. The lowest BCUT2D eigenvalue weighted by molar-refractivity contribution is -0.136. The van der Waals surface area contributed by atoms with Crippen molar-refractivity contribution in [2.75, 3.05) is 45.9 Å². The maximum Gasteiger partial charge on any atom is 0.407 e. The molecule has 3 aliphatic rings. The first kappa shape index (κ1) is 40.6. The molecule has 8 rings (SSSR count). The number of nitrogens with one attached hydrogen (secondary N) is 4. The number of pyridine rings is 1. The molecule has 5 heterocycles. The molecule has 3 fully saturated rings. The third-order valence-corrected chi connectivity index (χ3v) is 12.9. The number of hydrogen-bond donors (Lipinski definition) is 4. The molecule has 14 heteroatoms. The van der Waals surface area contributed by atoms with E-state index in [1.54, 1.807) is 22.9 Å². The highest BCUT2D eigenvalue weighted by Gasteiger charge is 2.44. The Kier molecular flexibility index (Phi) is 11.9. The highest BCUT2D eigenvalue weighted by molar-refractivity contribution is 5.89. The number of likely N-dealkylation sites (tertiary alicyclic amines) is 3. The van der Waals surface area contributed by atoms with E-state index in [9.17, 15) is 24.0 Å². The Morgan fingerprint density at radius 1 is 0.833 bits per heavy atom. The fourth-order valence-corrected chi connectivity index (χ4v) is 9.38. The molecule has 3 saturated heterocycles. The molecule has 5 aromatic rings. The summed E-state index contributed by atoms with van der Waals surface area (Å²) in [5.74, 6) is -0.250. The summed E-state index contributed by atoms with van der Waals surface area (Å²) in [6.45, 7) is 7.01. The molecular formula is C46H54N8O6. The molecule has 2 atom stereocenters. The van der Waals surface area contributed by atoms with Crippen molar-refractivity contribution in [2.45, 2.75) is 76.8 Å². The molecular weight excluding hydrogens is 761 g/mol. The molecule has 4 N–H and O–H groups in total. The number of fused-ring (bicyclic) bond motifs is 2. The van der Waals surface area contributed by atoms with Gasteiger partial charge in [0.05, 0.1) is 18.3 Å². The van der Waals surface area contributed by atoms with Gasteiger partial charge in [0, 0.05) is 68.6 Å². The average Bonchev–Trinajstić information content (AvgIpc) is 3.91. The molecule has 14 nitrogen and oxygen atoms in total. The van der Waals surface area contributed by atoms with Gasteiger partial charge in [0.2, 0.25) is 11.8 Å². The van der Waals surface area contributed by atoms with E-state index in [0.29, 0.717) is 65.0 Å². The van der Waals surface area contributed by atoms with Crippen molar-refractivity contribution in [1.82, 2.24) is 40.5 Å². The van der Waals surface area contributed by atoms with Crippen LogP contribution in [-0.4, -0.2) is 112 Å². The topological polar surface area (TPSA) is 173 Å². The molecule has 0 aliphatic carbocycles. The van der Waals surface area contributed by atoms with Gasteiger partial charge in [-0.2, -0.15) is 5.10 Å². The molecule has 0 saturated carbocycles. The molecule has 2 aromatic heterocycles. The standard InChI is InChI=1S/C46H54N8O6/c1-30-24-33(25-36-28-47-51-40(30)36)26-39(50-44(58)53-18-12-34(13-19-53)37-27-35-10-6-7-11-38(35)49-41(37)55)43(57)54-22-17-46(29-54)15-20-52(21-16-46)42(56)31(2)48-45(59)60-23-14-32-8-4-3-5-9-32/h3-11,24-25,27-28,31,34,39H,12-23,26,29H2,1-2H3,(H,47,51)(H,48,59)(H,49,55)(H,50,58)/t31-,39-/m1/s1. The van der Waals surface area contributed by atoms with Crippen LogP contribution in [-0.2, 0) is 27.2 Å². The number of alkyl carbamates (subject to hydrolysis) is 1. The summed E-state index contributed by atoms with van der Waals surface area (Å²) >= 11 is 0. The SMILES string of the molecule is Cc1cc(C[C@@H](NC(=O)N2CCC(c3cc4ccccc4[nH]c3=O)CC2)C(=O)N2CCC3(CCN(C(=O)[C@@H](C)NC(=O)OCCc4ccccc4)CC3)C2)cc2cn[nH]c12. The number of hydrogen-bond acceptors (Lipinski definition) is 7. The van der Waals surface area contributed by atoms with E-state index in [1.807, 2.05) is 84.6 Å². The first-order chi connectivity index (χ1) is 29.0. The second-order valence-corrected chi connectivity index (χ2v) is 16.9. The summed E-state index contributed by atoms with van der Waals surface area (Å²) in [6.07, 6.45) is 5.63. The number of carbonyl (C=O) groups is 4. The third kappa shape index (κ3) is 9.02. The van der Waals surface area contributed by atoms with Crippen LogP contribution in [0.2, 0.25) is 0 Å². The zero-order valence-electron chi connectivity index (χ0n) is 34.4. The number of para-hydroxylation sites is 1. The van der Waals surface area contributed by atoms with Gasteiger partial charge >= 0.3 is 12.1 Å². The number of carbonyl (C=O) groups excluding carboxylic acids is 4. The van der Waals surface area contributed by atoms with E-state index in [-0.39, 0.29) is 41.3 Å². The van der Waals surface area contributed by atoms with Gasteiger partial charge in [0.15, 0.2) is 0 Å². The minimum atomic E-state index is -0.793. The molecule has 5 amide bonds. The third-order valence-electron chi connectivity index (χ3n) is 12.9. The minimum absolute atomic E-state index is 0.0261. The Hall–Kier alpha value is -6.18. The van der Waals surface area contributed by atoms with Crippen molar-refractivity contribution in [3.8, 4) is 0 Å². The van der Waals surface area contributed by atoms with E-state index in [4.69, 9.17) is 4.74 Å². The van der Waals surface area contributed by atoms with E-state index < -0.39 is 18.2 Å². The fraction of sp³-hybridized carbons (Fsp3) is 0.435. The lowest BCUT2D eigenvalue weighted by Crippen LogP contribution is -2.54. The van der Waals surface area contributed by atoms with Crippen LogP contribution in [0.5, 0.6) is 0 Å². The van der Waals surface area contributed by atoms with Gasteiger partial charge in [0.25, 0.3) is 5.56 Å². The monoisotopic (exact) mass is 814 g/mol. The molecule has 0 bridgehead atoms. The van der Waals surface area contributed by atoms with Crippen molar-refractivity contribution in [1.29, 1.82) is 0 Å². The van der Waals surface area contributed by atoms with E-state index in [1.165, 1.54) is 0 Å². The molecule has 60 heavy (non-hydrogen) atoms. The fourth-order valence-electron chi connectivity index (χ4n) is 9.38. The number of urea groups is 1. The van der Waals surface area contributed by atoms with Crippen molar-refractivity contribution in [2.24, 2.45) is 5.41 Å². The lowest BCUT2D eigenvalue weighted by Gasteiger charge is -2.40. The Morgan fingerprint density at radius 2 is 1.55 bits per heavy atom. The van der Waals surface area contributed by atoms with Crippen molar-refractivity contribution < 1.29 is 23.9 Å². The number of aromatic amines is 2. The number of rotatable bonds is 10. The van der Waals surface area contributed by atoms with Crippen LogP contribution in [0.15, 0.2) is 83.8 Å². The molecule has 3 aliphatic heterocycles. The summed E-state index contributed by atoms with van der Waals surface area (Å²) in [7, 11) is 0. The number of aromatic nitrogens is 3. The van der Waals surface area contributed by atoms with Gasteiger partial charge in [-0.25, -0.2) is 9.59 Å². The van der Waals surface area contributed by atoms with Gasteiger partial charge < -0.3 is 35.1 Å². The number of ether oxygens (including phenoxy) is 1.